The van der Waals surface area contributed by atoms with Gasteiger partial charge in [0.2, 0.25) is 0 Å². The van der Waals surface area contributed by atoms with E-state index in [9.17, 15) is 0 Å². The van der Waals surface area contributed by atoms with Crippen LogP contribution < -0.4 is 10.6 Å². The predicted molar refractivity (Wildman–Crippen MR) is 67.3 cm³/mol. The molecule has 2 heterocycles. The molecule has 0 aliphatic carbocycles. The summed E-state index contributed by atoms with van der Waals surface area (Å²) in [6, 6.07) is 6.07. The molecule has 2 unspecified atom stereocenters. The first-order chi connectivity index (χ1) is 8.11. The molecule has 1 aliphatic rings. The first-order valence-corrected chi connectivity index (χ1v) is 5.83. The Morgan fingerprint density at radius 2 is 2.29 bits per heavy atom. The van der Waals surface area contributed by atoms with Gasteiger partial charge in [-0.25, -0.2) is 4.98 Å². The molecule has 1 aliphatic heterocycles. The predicted octanol–water partition coefficient (Wildman–Crippen LogP) is 1.41. The summed E-state index contributed by atoms with van der Waals surface area (Å²) < 4.78 is 0. The smallest absolute Gasteiger partial charge is 0.188 e. The van der Waals surface area contributed by atoms with Crippen LogP contribution in [-0.4, -0.2) is 28.6 Å². The molecule has 1 saturated heterocycles. The zero-order valence-electron chi connectivity index (χ0n) is 10.2. The van der Waals surface area contributed by atoms with E-state index in [1.54, 1.807) is 6.07 Å². The molecule has 0 aromatic carbocycles. The highest BCUT2D eigenvalue weighted by atomic mass is 16.4. The van der Waals surface area contributed by atoms with Gasteiger partial charge in [-0.3, -0.25) is 0 Å². The van der Waals surface area contributed by atoms with Crippen LogP contribution >= 0.6 is 0 Å². The molecule has 0 radical (unpaired) electrons. The fourth-order valence-corrected chi connectivity index (χ4v) is 2.40. The van der Waals surface area contributed by atoms with Crippen LogP contribution in [0.5, 0.6) is 0 Å². The van der Waals surface area contributed by atoms with Crippen LogP contribution in [0, 0.1) is 5.92 Å². The number of pyridine rings is 1. The average Bonchev–Trinajstić information content (AvgIpc) is 2.67. The van der Waals surface area contributed by atoms with Crippen LogP contribution in [-0.2, 0) is 0 Å². The number of nitrogens with two attached hydrogens (primary N) is 1. The van der Waals surface area contributed by atoms with E-state index in [0.717, 1.165) is 12.4 Å². The van der Waals surface area contributed by atoms with Crippen molar-refractivity contribution < 1.29 is 5.21 Å². The maximum absolute atomic E-state index is 8.65. The van der Waals surface area contributed by atoms with E-state index < -0.39 is 0 Å². The Morgan fingerprint density at radius 1 is 1.53 bits per heavy atom. The van der Waals surface area contributed by atoms with Crippen molar-refractivity contribution in [2.45, 2.75) is 26.3 Å². The molecular formula is C12H18N4O. The first kappa shape index (κ1) is 11.7. The van der Waals surface area contributed by atoms with Crippen molar-refractivity contribution in [3.8, 4) is 0 Å². The molecule has 5 heteroatoms. The lowest BCUT2D eigenvalue weighted by Gasteiger charge is -2.22. The maximum Gasteiger partial charge on any atom is 0.188 e. The van der Waals surface area contributed by atoms with Gasteiger partial charge in [0.05, 0.1) is 0 Å². The van der Waals surface area contributed by atoms with E-state index in [1.807, 2.05) is 12.1 Å². The van der Waals surface area contributed by atoms with Gasteiger partial charge in [-0.2, -0.15) is 0 Å². The van der Waals surface area contributed by atoms with E-state index in [2.05, 4.69) is 28.9 Å². The lowest BCUT2D eigenvalue weighted by Crippen LogP contribution is -2.28. The van der Waals surface area contributed by atoms with Crippen molar-refractivity contribution in [1.29, 1.82) is 0 Å². The Balaban J connectivity index is 2.27. The lowest BCUT2D eigenvalue weighted by atomic mass is 10.1. The van der Waals surface area contributed by atoms with Gasteiger partial charge in [-0.15, -0.1) is 0 Å². The fraction of sp³-hybridized carbons (Fsp3) is 0.500. The number of amidine groups is 1. The SMILES string of the molecule is CC1CC(C)N(c2cccc(/C(N)=N/O)n2)C1. The number of nitrogens with zero attached hydrogens (tertiary/aromatic N) is 3. The molecule has 2 rings (SSSR count). The molecule has 0 amide bonds. The molecule has 1 aromatic rings. The molecule has 1 fully saturated rings. The third kappa shape index (κ3) is 2.33. The Morgan fingerprint density at radius 3 is 2.88 bits per heavy atom. The Kier molecular flexibility index (Phi) is 3.17. The second-order valence-electron chi connectivity index (χ2n) is 4.71. The Bertz CT molecular complexity index is 432. The minimum Gasteiger partial charge on any atom is -0.409 e. The van der Waals surface area contributed by atoms with Crippen LogP contribution in [0.4, 0.5) is 5.82 Å². The van der Waals surface area contributed by atoms with E-state index in [1.165, 1.54) is 6.42 Å². The maximum atomic E-state index is 8.65. The second kappa shape index (κ2) is 4.61. The van der Waals surface area contributed by atoms with Crippen molar-refractivity contribution in [1.82, 2.24) is 4.98 Å². The van der Waals surface area contributed by atoms with Crippen LogP contribution in [0.15, 0.2) is 23.4 Å². The second-order valence-corrected chi connectivity index (χ2v) is 4.71. The number of anilines is 1. The van der Waals surface area contributed by atoms with Gasteiger partial charge in [-0.05, 0) is 31.4 Å². The van der Waals surface area contributed by atoms with E-state index in [0.29, 0.717) is 17.7 Å². The molecular weight excluding hydrogens is 216 g/mol. The third-order valence-corrected chi connectivity index (χ3v) is 3.18. The Hall–Kier alpha value is -1.78. The normalized spacial score (nSPS) is 25.3. The van der Waals surface area contributed by atoms with Crippen molar-refractivity contribution >= 4 is 11.7 Å². The van der Waals surface area contributed by atoms with Crippen LogP contribution in [0.3, 0.4) is 0 Å². The molecule has 3 N–H and O–H groups in total. The summed E-state index contributed by atoms with van der Waals surface area (Å²) in [5.74, 6) is 1.62. The van der Waals surface area contributed by atoms with Gasteiger partial charge >= 0.3 is 0 Å². The van der Waals surface area contributed by atoms with Gasteiger partial charge in [0.25, 0.3) is 0 Å². The topological polar surface area (TPSA) is 74.7 Å². The van der Waals surface area contributed by atoms with Gasteiger partial charge < -0.3 is 15.8 Å². The van der Waals surface area contributed by atoms with Crippen molar-refractivity contribution in [2.24, 2.45) is 16.8 Å². The fourth-order valence-electron chi connectivity index (χ4n) is 2.40. The molecule has 0 spiro atoms. The van der Waals surface area contributed by atoms with Gasteiger partial charge in [0.15, 0.2) is 5.84 Å². The molecule has 0 bridgehead atoms. The molecule has 0 saturated carbocycles. The summed E-state index contributed by atoms with van der Waals surface area (Å²) in [5, 5.41) is 11.6. The highest BCUT2D eigenvalue weighted by Crippen LogP contribution is 2.27. The summed E-state index contributed by atoms with van der Waals surface area (Å²) in [6.45, 7) is 5.44. The van der Waals surface area contributed by atoms with Gasteiger partial charge in [-0.1, -0.05) is 18.1 Å². The van der Waals surface area contributed by atoms with Gasteiger partial charge in [0, 0.05) is 12.6 Å². The van der Waals surface area contributed by atoms with Crippen molar-refractivity contribution in [3.05, 3.63) is 23.9 Å². The van der Waals surface area contributed by atoms with E-state index in [4.69, 9.17) is 10.9 Å². The first-order valence-electron chi connectivity index (χ1n) is 5.83. The monoisotopic (exact) mass is 234 g/mol. The quantitative estimate of drug-likeness (QED) is 0.351. The zero-order valence-corrected chi connectivity index (χ0v) is 10.2. The number of oxime groups is 1. The molecule has 92 valence electrons. The Labute approximate surface area is 101 Å². The molecule has 1 aromatic heterocycles. The molecule has 2 atom stereocenters. The standard InChI is InChI=1S/C12H18N4O/c1-8-6-9(2)16(7-8)11-5-3-4-10(14-11)12(13)15-17/h3-5,8-9,17H,6-7H2,1-2H3,(H2,13,15). The lowest BCUT2D eigenvalue weighted by molar-refractivity contribution is 0.318. The minimum atomic E-state index is 0.0479. The van der Waals surface area contributed by atoms with E-state index >= 15 is 0 Å². The van der Waals surface area contributed by atoms with Crippen LogP contribution in [0.1, 0.15) is 26.0 Å². The summed E-state index contributed by atoms with van der Waals surface area (Å²) in [7, 11) is 0. The highest BCUT2D eigenvalue weighted by Gasteiger charge is 2.27. The van der Waals surface area contributed by atoms with E-state index in [-0.39, 0.29) is 5.84 Å². The summed E-state index contributed by atoms with van der Waals surface area (Å²) in [6.07, 6.45) is 1.18. The molecule has 5 nitrogen and oxygen atoms in total. The van der Waals surface area contributed by atoms with Crippen molar-refractivity contribution in [2.75, 3.05) is 11.4 Å². The average molecular weight is 234 g/mol. The van der Waals surface area contributed by atoms with Gasteiger partial charge in [0.1, 0.15) is 11.5 Å². The highest BCUT2D eigenvalue weighted by molar-refractivity contribution is 5.95. The minimum absolute atomic E-state index is 0.0479. The number of aromatic nitrogens is 1. The number of rotatable bonds is 2. The third-order valence-electron chi connectivity index (χ3n) is 3.18. The summed E-state index contributed by atoms with van der Waals surface area (Å²) in [4.78, 5) is 6.68. The summed E-state index contributed by atoms with van der Waals surface area (Å²) in [5.41, 5.74) is 6.05. The summed E-state index contributed by atoms with van der Waals surface area (Å²) >= 11 is 0. The number of hydrogen-bond acceptors (Lipinski definition) is 4. The largest absolute Gasteiger partial charge is 0.409 e. The van der Waals surface area contributed by atoms with Crippen LogP contribution in [0.25, 0.3) is 0 Å². The molecule has 17 heavy (non-hydrogen) atoms. The van der Waals surface area contributed by atoms with Crippen LogP contribution in [0.2, 0.25) is 0 Å². The van der Waals surface area contributed by atoms with Crippen molar-refractivity contribution in [3.63, 3.8) is 0 Å². The zero-order chi connectivity index (χ0) is 12.4. The number of hydrogen-bond donors (Lipinski definition) is 2.